The van der Waals surface area contributed by atoms with Crippen molar-refractivity contribution in [1.29, 1.82) is 0 Å². The minimum atomic E-state index is 0.198. The molecule has 7 nitrogen and oxygen atoms in total. The first-order valence-corrected chi connectivity index (χ1v) is 8.12. The van der Waals surface area contributed by atoms with Crippen LogP contribution in [0.25, 0.3) is 0 Å². The molecule has 2 aromatic heterocycles. The zero-order valence-electron chi connectivity index (χ0n) is 13.6. The average molecular weight is 316 g/mol. The molecular weight excluding hydrogens is 292 g/mol. The summed E-state index contributed by atoms with van der Waals surface area (Å²) in [4.78, 5) is 2.48. The van der Waals surface area contributed by atoms with Crippen molar-refractivity contribution in [3.63, 3.8) is 0 Å². The number of rotatable bonds is 7. The maximum absolute atomic E-state index is 5.83. The fourth-order valence-corrected chi connectivity index (χ4v) is 2.83. The summed E-state index contributed by atoms with van der Waals surface area (Å²) in [6, 6.07) is 3.79. The first-order chi connectivity index (χ1) is 11.3. The number of anilines is 1. The first kappa shape index (κ1) is 15.9. The number of hydrogen-bond acceptors (Lipinski definition) is 6. The second kappa shape index (κ2) is 8.03. The number of morpholine rings is 1. The molecule has 0 aromatic carbocycles. The third-order valence-corrected chi connectivity index (χ3v) is 4.00. The summed E-state index contributed by atoms with van der Waals surface area (Å²) in [5.41, 5.74) is 1.31. The van der Waals surface area contributed by atoms with Crippen molar-refractivity contribution in [1.82, 2.24) is 24.9 Å². The molecule has 1 fully saturated rings. The van der Waals surface area contributed by atoms with E-state index in [-0.39, 0.29) is 6.10 Å². The number of aryl methyl sites for hydroxylation is 2. The van der Waals surface area contributed by atoms with E-state index in [1.54, 1.807) is 6.20 Å². The van der Waals surface area contributed by atoms with Gasteiger partial charge in [0.1, 0.15) is 5.82 Å². The zero-order valence-corrected chi connectivity index (χ0v) is 13.6. The van der Waals surface area contributed by atoms with Crippen LogP contribution >= 0.6 is 0 Å². The van der Waals surface area contributed by atoms with Gasteiger partial charge in [-0.1, -0.05) is 0 Å². The molecule has 1 aliphatic rings. The van der Waals surface area contributed by atoms with Gasteiger partial charge in [-0.15, -0.1) is 5.10 Å². The van der Waals surface area contributed by atoms with Crippen LogP contribution in [0.2, 0.25) is 0 Å². The van der Waals surface area contributed by atoms with Gasteiger partial charge in [-0.3, -0.25) is 9.58 Å². The highest BCUT2D eigenvalue weighted by atomic mass is 16.5. The van der Waals surface area contributed by atoms with Crippen LogP contribution in [-0.2, 0) is 18.2 Å². The van der Waals surface area contributed by atoms with Crippen LogP contribution in [0.5, 0.6) is 0 Å². The fourth-order valence-electron chi connectivity index (χ4n) is 2.83. The summed E-state index contributed by atoms with van der Waals surface area (Å²) in [5.74, 6) is 0.796. The third kappa shape index (κ3) is 5.01. The normalized spacial score (nSPS) is 18.9. The van der Waals surface area contributed by atoms with Crippen molar-refractivity contribution >= 4 is 5.82 Å². The van der Waals surface area contributed by atoms with Crippen molar-refractivity contribution in [3.8, 4) is 0 Å². The van der Waals surface area contributed by atoms with Gasteiger partial charge in [0, 0.05) is 39.1 Å². The highest BCUT2D eigenvalue weighted by Gasteiger charge is 2.20. The summed E-state index contributed by atoms with van der Waals surface area (Å²) in [6.07, 6.45) is 8.14. The Kier molecular flexibility index (Phi) is 5.55. The van der Waals surface area contributed by atoms with Gasteiger partial charge in [0.15, 0.2) is 0 Å². The molecule has 1 atom stereocenters. The largest absolute Gasteiger partial charge is 0.374 e. The Hall–Kier alpha value is -1.99. The molecule has 7 heteroatoms. The van der Waals surface area contributed by atoms with E-state index in [0.717, 1.165) is 51.4 Å². The van der Waals surface area contributed by atoms with E-state index in [9.17, 15) is 0 Å². The highest BCUT2D eigenvalue weighted by Crippen LogP contribution is 2.09. The fraction of sp³-hybridized carbons (Fsp3) is 0.562. The summed E-state index contributed by atoms with van der Waals surface area (Å²) in [5, 5.41) is 15.4. The molecule has 0 bridgehead atoms. The zero-order chi connectivity index (χ0) is 15.9. The first-order valence-electron chi connectivity index (χ1n) is 8.12. The molecule has 0 unspecified atom stereocenters. The standard InChI is InChI=1S/C16H24N6O/c1-21-12-14(10-19-21)4-3-7-22-8-9-23-15(13-22)11-17-16-5-2-6-18-20-16/h2,5-6,10,12,15H,3-4,7-9,11,13H2,1H3,(H,17,20)/t15-/m0/s1. The molecule has 0 radical (unpaired) electrons. The maximum atomic E-state index is 5.83. The Balaban J connectivity index is 1.37. The summed E-state index contributed by atoms with van der Waals surface area (Å²) >= 11 is 0. The molecule has 0 saturated carbocycles. The molecule has 3 rings (SSSR count). The van der Waals surface area contributed by atoms with Crippen LogP contribution in [0.3, 0.4) is 0 Å². The number of ether oxygens (including phenoxy) is 1. The van der Waals surface area contributed by atoms with Gasteiger partial charge in [0.05, 0.1) is 18.9 Å². The van der Waals surface area contributed by atoms with Gasteiger partial charge in [0.25, 0.3) is 0 Å². The number of nitrogens with zero attached hydrogens (tertiary/aromatic N) is 5. The SMILES string of the molecule is Cn1cc(CCCN2CCO[C@@H](CNc3cccnn3)C2)cn1. The Morgan fingerprint density at radius 2 is 2.39 bits per heavy atom. The predicted octanol–water partition coefficient (Wildman–Crippen LogP) is 0.956. The second-order valence-corrected chi connectivity index (χ2v) is 5.91. The highest BCUT2D eigenvalue weighted by molar-refractivity contribution is 5.31. The van der Waals surface area contributed by atoms with Gasteiger partial charge < -0.3 is 10.1 Å². The number of nitrogens with one attached hydrogen (secondary N) is 1. The van der Waals surface area contributed by atoms with Crippen LogP contribution in [0.1, 0.15) is 12.0 Å². The van der Waals surface area contributed by atoms with Gasteiger partial charge in [-0.05, 0) is 37.1 Å². The van der Waals surface area contributed by atoms with Crippen LogP contribution < -0.4 is 5.32 Å². The van der Waals surface area contributed by atoms with Crippen molar-refractivity contribution in [2.24, 2.45) is 7.05 Å². The molecule has 124 valence electrons. The van der Waals surface area contributed by atoms with E-state index in [0.29, 0.717) is 0 Å². The summed E-state index contributed by atoms with van der Waals surface area (Å²) < 4.78 is 7.69. The molecule has 1 saturated heterocycles. The van der Waals surface area contributed by atoms with Crippen LogP contribution in [0.4, 0.5) is 5.82 Å². The summed E-state index contributed by atoms with van der Waals surface area (Å²) in [7, 11) is 1.96. The van der Waals surface area contributed by atoms with Gasteiger partial charge >= 0.3 is 0 Å². The lowest BCUT2D eigenvalue weighted by molar-refractivity contribution is -0.0213. The molecule has 23 heavy (non-hydrogen) atoms. The smallest absolute Gasteiger partial charge is 0.148 e. The molecule has 3 heterocycles. The lowest BCUT2D eigenvalue weighted by atomic mass is 10.2. The van der Waals surface area contributed by atoms with E-state index in [2.05, 4.69) is 31.7 Å². The summed E-state index contributed by atoms with van der Waals surface area (Å²) in [6.45, 7) is 4.62. The van der Waals surface area contributed by atoms with E-state index in [4.69, 9.17) is 4.74 Å². The van der Waals surface area contributed by atoms with Gasteiger partial charge in [-0.2, -0.15) is 10.2 Å². The maximum Gasteiger partial charge on any atom is 0.148 e. The third-order valence-electron chi connectivity index (χ3n) is 4.00. The topological polar surface area (TPSA) is 68.1 Å². The molecule has 0 spiro atoms. The van der Waals surface area contributed by atoms with Crippen molar-refractivity contribution < 1.29 is 4.74 Å². The van der Waals surface area contributed by atoms with Crippen LogP contribution in [0.15, 0.2) is 30.7 Å². The van der Waals surface area contributed by atoms with Crippen LogP contribution in [-0.4, -0.2) is 63.8 Å². The van der Waals surface area contributed by atoms with Crippen molar-refractivity contribution in [2.75, 3.05) is 38.1 Å². The Bertz CT molecular complexity index is 587. The van der Waals surface area contributed by atoms with Crippen LogP contribution in [0, 0.1) is 0 Å². The minimum Gasteiger partial charge on any atom is -0.374 e. The molecule has 0 aliphatic carbocycles. The van der Waals surface area contributed by atoms with E-state index < -0.39 is 0 Å². The Labute approximate surface area is 136 Å². The van der Waals surface area contributed by atoms with E-state index in [1.807, 2.05) is 30.1 Å². The molecular formula is C16H24N6O. The molecule has 1 N–H and O–H groups in total. The minimum absolute atomic E-state index is 0.198. The van der Waals surface area contributed by atoms with Gasteiger partial charge in [-0.25, -0.2) is 0 Å². The van der Waals surface area contributed by atoms with E-state index in [1.165, 1.54) is 5.56 Å². The second-order valence-electron chi connectivity index (χ2n) is 5.91. The molecule has 2 aromatic rings. The quantitative estimate of drug-likeness (QED) is 0.820. The Morgan fingerprint density at radius 3 is 3.17 bits per heavy atom. The lowest BCUT2D eigenvalue weighted by Crippen LogP contribution is -2.45. The molecule has 0 amide bonds. The van der Waals surface area contributed by atoms with Crippen molar-refractivity contribution in [3.05, 3.63) is 36.3 Å². The Morgan fingerprint density at radius 1 is 1.43 bits per heavy atom. The number of aromatic nitrogens is 4. The lowest BCUT2D eigenvalue weighted by Gasteiger charge is -2.33. The number of hydrogen-bond donors (Lipinski definition) is 1. The average Bonchev–Trinajstić information content (AvgIpc) is 3.00. The predicted molar refractivity (Wildman–Crippen MR) is 88.2 cm³/mol. The van der Waals surface area contributed by atoms with Gasteiger partial charge in [0.2, 0.25) is 0 Å². The molecule has 1 aliphatic heterocycles. The van der Waals surface area contributed by atoms with E-state index >= 15 is 0 Å². The van der Waals surface area contributed by atoms with Crippen molar-refractivity contribution in [2.45, 2.75) is 18.9 Å². The monoisotopic (exact) mass is 316 g/mol.